The molecule has 188 valence electrons. The van der Waals surface area contributed by atoms with Crippen LogP contribution in [0.5, 0.6) is 0 Å². The number of nitrogens with zero attached hydrogens (tertiary/aromatic N) is 4. The zero-order valence-electron chi connectivity index (χ0n) is 20.1. The van der Waals surface area contributed by atoms with Gasteiger partial charge in [-0.15, -0.1) is 0 Å². The molecule has 9 heteroatoms. The summed E-state index contributed by atoms with van der Waals surface area (Å²) in [5, 5.41) is 7.10. The highest BCUT2D eigenvalue weighted by atomic mass is 32.2. The molecule has 1 aromatic carbocycles. The van der Waals surface area contributed by atoms with Gasteiger partial charge in [-0.1, -0.05) is 54.9 Å². The Kier molecular flexibility index (Phi) is 7.57. The number of hydroxylamine groups is 2. The molecule has 1 spiro atoms. The Morgan fingerprint density at radius 3 is 2.37 bits per heavy atom. The van der Waals surface area contributed by atoms with Crippen LogP contribution in [-0.4, -0.2) is 82.3 Å². The number of carbonyl (C=O) groups is 3. The van der Waals surface area contributed by atoms with Gasteiger partial charge in [-0.2, -0.15) is 5.06 Å². The van der Waals surface area contributed by atoms with Gasteiger partial charge >= 0.3 is 0 Å². The van der Waals surface area contributed by atoms with Gasteiger partial charge in [0.05, 0.1) is 6.61 Å². The normalized spacial score (nSPS) is 25.2. The minimum absolute atomic E-state index is 0.0958. The third kappa shape index (κ3) is 5.48. The molecular weight excluding hydrogens is 464 g/mol. The first-order valence-electron chi connectivity index (χ1n) is 12.7. The number of carbonyl (C=O) groups excluding carboxylic acids is 3. The summed E-state index contributed by atoms with van der Waals surface area (Å²) in [6.07, 6.45) is 7.85. The van der Waals surface area contributed by atoms with E-state index in [1.807, 2.05) is 41.9 Å². The van der Waals surface area contributed by atoms with Gasteiger partial charge in [0.2, 0.25) is 0 Å². The van der Waals surface area contributed by atoms with Crippen molar-refractivity contribution in [2.45, 2.75) is 50.3 Å². The molecule has 0 aromatic heterocycles. The summed E-state index contributed by atoms with van der Waals surface area (Å²) < 4.78 is 0. The number of hydrogen-bond acceptors (Lipinski definition) is 8. The molecule has 0 bridgehead atoms. The smallest absolute Gasteiger partial charge is 0.254 e. The maximum absolute atomic E-state index is 13.0. The van der Waals surface area contributed by atoms with Crippen molar-refractivity contribution in [3.8, 4) is 0 Å². The van der Waals surface area contributed by atoms with Gasteiger partial charge in [-0.25, -0.2) is 5.01 Å². The number of Topliss-reactive ketones (excluding diaryl/α,β-unsaturated/α-hetero) is 1. The van der Waals surface area contributed by atoms with Gasteiger partial charge in [0.1, 0.15) is 0 Å². The molecule has 3 fully saturated rings. The van der Waals surface area contributed by atoms with E-state index in [1.165, 1.54) is 0 Å². The number of hydrazine groups is 1. The summed E-state index contributed by atoms with van der Waals surface area (Å²) in [6.45, 7) is 4.69. The Morgan fingerprint density at radius 1 is 1.00 bits per heavy atom. The van der Waals surface area contributed by atoms with Crippen LogP contribution in [0.25, 0.3) is 0 Å². The summed E-state index contributed by atoms with van der Waals surface area (Å²) in [7, 11) is 0. The fourth-order valence-electron chi connectivity index (χ4n) is 5.73. The summed E-state index contributed by atoms with van der Waals surface area (Å²) in [5.74, 6) is -0.221. The van der Waals surface area contributed by atoms with Crippen molar-refractivity contribution in [2.24, 2.45) is 5.41 Å². The lowest BCUT2D eigenvalue weighted by molar-refractivity contribution is -0.205. The van der Waals surface area contributed by atoms with E-state index in [-0.39, 0.29) is 28.4 Å². The van der Waals surface area contributed by atoms with Crippen LogP contribution < -0.4 is 0 Å². The van der Waals surface area contributed by atoms with Gasteiger partial charge in [-0.3, -0.25) is 24.2 Å². The van der Waals surface area contributed by atoms with Crippen LogP contribution >= 0.6 is 11.8 Å². The predicted octanol–water partition coefficient (Wildman–Crippen LogP) is 3.28. The molecule has 1 atom stereocenters. The summed E-state index contributed by atoms with van der Waals surface area (Å²) in [5.41, 5.74) is 0.642. The molecule has 1 aromatic rings. The second kappa shape index (κ2) is 10.8. The Bertz CT molecular complexity index is 937. The second-order valence-electron chi connectivity index (χ2n) is 10.0. The van der Waals surface area contributed by atoms with Crippen molar-refractivity contribution in [1.29, 1.82) is 0 Å². The average Bonchev–Trinajstić information content (AvgIpc) is 3.54. The van der Waals surface area contributed by atoms with Crippen molar-refractivity contribution >= 4 is 29.4 Å². The molecule has 35 heavy (non-hydrogen) atoms. The third-order valence-electron chi connectivity index (χ3n) is 7.63. The monoisotopic (exact) mass is 498 g/mol. The number of piperazine rings is 1. The maximum Gasteiger partial charge on any atom is 0.254 e. The molecule has 0 radical (unpaired) electrons. The molecule has 4 aliphatic rings. The lowest BCUT2D eigenvalue weighted by Crippen LogP contribution is -2.54. The van der Waals surface area contributed by atoms with Gasteiger partial charge in [0.15, 0.2) is 11.2 Å². The molecule has 1 saturated carbocycles. The largest absolute Gasteiger partial charge is 0.301 e. The van der Waals surface area contributed by atoms with E-state index in [2.05, 4.69) is 14.9 Å². The highest BCUT2D eigenvalue weighted by Gasteiger charge is 2.45. The maximum atomic E-state index is 13.0. The molecule has 8 nitrogen and oxygen atoms in total. The molecule has 3 aliphatic heterocycles. The topological polar surface area (TPSA) is 73.4 Å². The SMILES string of the molecule is O=C(c1ccccc1)C1SC=CN1N1CCN(CCCON2C(=O)CC3(CCCC3)CC2=O)CC1. The number of amides is 2. The van der Waals surface area contributed by atoms with Crippen molar-refractivity contribution < 1.29 is 19.2 Å². The molecule has 2 amide bonds. The number of imide groups is 1. The fraction of sp³-hybridized carbons (Fsp3) is 0.577. The van der Waals surface area contributed by atoms with Crippen LogP contribution in [0, 0.1) is 5.41 Å². The van der Waals surface area contributed by atoms with Crippen LogP contribution in [0.2, 0.25) is 0 Å². The quantitative estimate of drug-likeness (QED) is 0.307. The molecule has 1 unspecified atom stereocenters. The molecule has 5 rings (SSSR count). The summed E-state index contributed by atoms with van der Waals surface area (Å²) in [6, 6.07) is 9.47. The summed E-state index contributed by atoms with van der Waals surface area (Å²) >= 11 is 1.55. The van der Waals surface area contributed by atoms with E-state index < -0.39 is 0 Å². The molecule has 0 N–H and O–H groups in total. The molecular formula is C26H34N4O4S. The van der Waals surface area contributed by atoms with Crippen LogP contribution in [0.15, 0.2) is 41.9 Å². The van der Waals surface area contributed by atoms with Crippen LogP contribution in [-0.2, 0) is 14.4 Å². The van der Waals surface area contributed by atoms with Crippen LogP contribution in [0.3, 0.4) is 0 Å². The van der Waals surface area contributed by atoms with E-state index in [4.69, 9.17) is 4.84 Å². The molecule has 2 saturated heterocycles. The fourth-order valence-corrected chi connectivity index (χ4v) is 6.66. The number of hydrogen-bond donors (Lipinski definition) is 0. The van der Waals surface area contributed by atoms with Crippen molar-refractivity contribution in [3.05, 3.63) is 47.5 Å². The van der Waals surface area contributed by atoms with E-state index in [0.717, 1.165) is 75.5 Å². The van der Waals surface area contributed by atoms with Gasteiger partial charge in [0.25, 0.3) is 11.8 Å². The van der Waals surface area contributed by atoms with Crippen molar-refractivity contribution in [3.63, 3.8) is 0 Å². The molecule has 1 aliphatic carbocycles. The number of rotatable bonds is 8. The van der Waals surface area contributed by atoms with Crippen molar-refractivity contribution in [2.75, 3.05) is 39.3 Å². The minimum Gasteiger partial charge on any atom is -0.301 e. The second-order valence-corrected chi connectivity index (χ2v) is 11.0. The van der Waals surface area contributed by atoms with Gasteiger partial charge in [-0.05, 0) is 30.1 Å². The van der Waals surface area contributed by atoms with Gasteiger partial charge in [0, 0.05) is 57.3 Å². The zero-order valence-corrected chi connectivity index (χ0v) is 21.0. The molecule has 3 heterocycles. The number of piperidine rings is 1. The standard InChI is InChI=1S/C26H34N4O4S/c31-22-19-26(9-4-5-10-26)20-23(32)30(22)34-17-6-11-27-12-14-28(15-13-27)29-16-18-35-25(29)24(33)21-7-2-1-3-8-21/h1-3,7-8,16,18,25H,4-6,9-15,17,19-20H2. The predicted molar refractivity (Wildman–Crippen MR) is 134 cm³/mol. The van der Waals surface area contributed by atoms with Crippen LogP contribution in [0.1, 0.15) is 55.3 Å². The number of thioether (sulfide) groups is 1. The highest BCUT2D eigenvalue weighted by Crippen LogP contribution is 2.46. The van der Waals surface area contributed by atoms with E-state index in [1.54, 1.807) is 11.8 Å². The Hall–Kier alpha value is -2.20. The third-order valence-corrected chi connectivity index (χ3v) is 8.59. The summed E-state index contributed by atoms with van der Waals surface area (Å²) in [4.78, 5) is 46.0. The first kappa shape index (κ1) is 24.5. The Balaban J connectivity index is 1.03. The van der Waals surface area contributed by atoms with E-state index in [0.29, 0.717) is 19.4 Å². The van der Waals surface area contributed by atoms with E-state index >= 15 is 0 Å². The first-order chi connectivity index (χ1) is 17.0. The minimum atomic E-state index is -0.250. The highest BCUT2D eigenvalue weighted by molar-refractivity contribution is 8.03. The zero-order chi connectivity index (χ0) is 24.3. The number of benzene rings is 1. The Labute approximate surface area is 211 Å². The first-order valence-corrected chi connectivity index (χ1v) is 13.6. The van der Waals surface area contributed by atoms with Crippen molar-refractivity contribution in [1.82, 2.24) is 20.0 Å². The average molecular weight is 499 g/mol. The van der Waals surface area contributed by atoms with E-state index in [9.17, 15) is 14.4 Å². The van der Waals surface area contributed by atoms with Crippen LogP contribution in [0.4, 0.5) is 0 Å². The Morgan fingerprint density at radius 2 is 1.69 bits per heavy atom. The van der Waals surface area contributed by atoms with Gasteiger partial charge < -0.3 is 4.90 Å². The lowest BCUT2D eigenvalue weighted by Gasteiger charge is -2.41. The number of ketones is 1. The lowest BCUT2D eigenvalue weighted by atomic mass is 9.77.